The van der Waals surface area contributed by atoms with Gasteiger partial charge >= 0.3 is 6.18 Å². The molecular formula is C14H16F3N3O2. The van der Waals surface area contributed by atoms with E-state index in [1.807, 2.05) is 13.8 Å². The summed E-state index contributed by atoms with van der Waals surface area (Å²) in [5, 5.41) is 20.3. The van der Waals surface area contributed by atoms with Crippen LogP contribution in [0, 0.1) is 21.4 Å². The summed E-state index contributed by atoms with van der Waals surface area (Å²) in [6.07, 6.45) is -3.43. The highest BCUT2D eigenvalue weighted by atomic mass is 19.4. The molecule has 8 heteroatoms. The van der Waals surface area contributed by atoms with Crippen LogP contribution in [0.3, 0.4) is 0 Å². The van der Waals surface area contributed by atoms with Gasteiger partial charge in [0.15, 0.2) is 0 Å². The summed E-state index contributed by atoms with van der Waals surface area (Å²) < 4.78 is 38.5. The molecule has 0 fully saturated rings. The highest BCUT2D eigenvalue weighted by Gasteiger charge is 2.35. The number of nitrogens with zero attached hydrogens (tertiary/aromatic N) is 3. The first kappa shape index (κ1) is 17.8. The number of alkyl halides is 3. The number of hydrogen-bond acceptors (Lipinski definition) is 4. The predicted molar refractivity (Wildman–Crippen MR) is 75.6 cm³/mol. The van der Waals surface area contributed by atoms with Crippen LogP contribution in [-0.2, 0) is 6.18 Å². The zero-order valence-corrected chi connectivity index (χ0v) is 12.3. The van der Waals surface area contributed by atoms with Crippen molar-refractivity contribution < 1.29 is 18.1 Å². The number of benzene rings is 1. The van der Waals surface area contributed by atoms with E-state index in [0.29, 0.717) is 38.1 Å². The lowest BCUT2D eigenvalue weighted by molar-refractivity contribution is -0.384. The molecular weight excluding hydrogens is 299 g/mol. The van der Waals surface area contributed by atoms with Crippen molar-refractivity contribution in [1.29, 1.82) is 5.26 Å². The zero-order chi connectivity index (χ0) is 16.9. The number of anilines is 1. The minimum atomic E-state index is -4.74. The molecule has 5 nitrogen and oxygen atoms in total. The summed E-state index contributed by atoms with van der Waals surface area (Å²) in [5.41, 5.74) is -2.24. The third-order valence-electron chi connectivity index (χ3n) is 3.04. The Kier molecular flexibility index (Phi) is 5.74. The molecule has 0 bridgehead atoms. The molecule has 1 aromatic carbocycles. The minimum Gasteiger partial charge on any atom is -0.365 e. The quantitative estimate of drug-likeness (QED) is 0.585. The lowest BCUT2D eigenvalue weighted by atomic mass is 10.0. The van der Waals surface area contributed by atoms with Crippen molar-refractivity contribution >= 4 is 11.4 Å². The smallest absolute Gasteiger partial charge is 0.365 e. The van der Waals surface area contributed by atoms with Crippen LogP contribution in [-0.4, -0.2) is 18.0 Å². The standard InChI is InChI=1S/C14H16F3N3O2/c1-3-5-19(6-4-2)13-10(9-18)7-11(14(15,16)17)8-12(13)20(21)22/h7-8H,3-6H2,1-2H3. The number of nitro benzene ring substituents is 1. The third-order valence-corrected chi connectivity index (χ3v) is 3.04. The van der Waals surface area contributed by atoms with Gasteiger partial charge in [-0.1, -0.05) is 13.8 Å². The summed E-state index contributed by atoms with van der Waals surface area (Å²) in [6.45, 7) is 4.55. The Labute approximate surface area is 126 Å². The Morgan fingerprint density at radius 2 is 1.82 bits per heavy atom. The van der Waals surface area contributed by atoms with E-state index < -0.39 is 22.4 Å². The first-order valence-electron chi connectivity index (χ1n) is 6.80. The summed E-state index contributed by atoms with van der Waals surface area (Å²) in [5.74, 6) is 0. The maximum Gasteiger partial charge on any atom is 0.416 e. The molecule has 0 saturated heterocycles. The molecule has 0 aliphatic heterocycles. The van der Waals surface area contributed by atoms with Crippen LogP contribution in [0.15, 0.2) is 12.1 Å². The SMILES string of the molecule is CCCN(CCC)c1c(C#N)cc(C(F)(F)F)cc1[N+](=O)[O-]. The first-order valence-corrected chi connectivity index (χ1v) is 6.80. The third kappa shape index (κ3) is 3.87. The molecule has 0 N–H and O–H groups in total. The van der Waals surface area contributed by atoms with E-state index in [2.05, 4.69) is 0 Å². The van der Waals surface area contributed by atoms with E-state index in [4.69, 9.17) is 5.26 Å². The van der Waals surface area contributed by atoms with Crippen LogP contribution in [0.5, 0.6) is 0 Å². The fourth-order valence-electron chi connectivity index (χ4n) is 2.21. The molecule has 0 aliphatic rings. The molecule has 22 heavy (non-hydrogen) atoms. The van der Waals surface area contributed by atoms with Crippen LogP contribution < -0.4 is 4.90 Å². The van der Waals surface area contributed by atoms with Crippen LogP contribution in [0.25, 0.3) is 0 Å². The van der Waals surface area contributed by atoms with Crippen LogP contribution in [0.1, 0.15) is 37.8 Å². The Morgan fingerprint density at radius 1 is 1.27 bits per heavy atom. The molecule has 0 heterocycles. The number of nitriles is 1. The Bertz CT molecular complexity index is 588. The van der Waals surface area contributed by atoms with Gasteiger partial charge in [-0.3, -0.25) is 10.1 Å². The predicted octanol–water partition coefficient (Wildman–Crippen LogP) is 4.11. The van der Waals surface area contributed by atoms with Crippen molar-refractivity contribution in [3.63, 3.8) is 0 Å². The molecule has 0 aliphatic carbocycles. The van der Waals surface area contributed by atoms with Crippen molar-refractivity contribution in [2.45, 2.75) is 32.9 Å². The van der Waals surface area contributed by atoms with Crippen LogP contribution in [0.4, 0.5) is 24.5 Å². The van der Waals surface area contributed by atoms with Gasteiger partial charge in [0.25, 0.3) is 5.69 Å². The number of rotatable bonds is 6. The second kappa shape index (κ2) is 7.11. The summed E-state index contributed by atoms with van der Waals surface area (Å²) in [6, 6.07) is 2.82. The number of nitro groups is 1. The fraction of sp³-hybridized carbons (Fsp3) is 0.500. The van der Waals surface area contributed by atoms with Gasteiger partial charge in [-0.15, -0.1) is 0 Å². The molecule has 120 valence electrons. The maximum atomic E-state index is 12.8. The van der Waals surface area contributed by atoms with Gasteiger partial charge in [0.05, 0.1) is 16.1 Å². The molecule has 1 rings (SSSR count). The van der Waals surface area contributed by atoms with E-state index in [9.17, 15) is 23.3 Å². The molecule has 0 spiro atoms. The first-order chi connectivity index (χ1) is 10.3. The number of halogens is 3. The van der Waals surface area contributed by atoms with Crippen molar-refractivity contribution in [2.75, 3.05) is 18.0 Å². The zero-order valence-electron chi connectivity index (χ0n) is 12.3. The molecule has 0 aromatic heterocycles. The van der Waals surface area contributed by atoms with E-state index >= 15 is 0 Å². The average Bonchev–Trinajstić information content (AvgIpc) is 2.44. The van der Waals surface area contributed by atoms with Crippen LogP contribution >= 0.6 is 0 Å². The lowest BCUT2D eigenvalue weighted by Crippen LogP contribution is -2.27. The molecule has 0 atom stereocenters. The fourth-order valence-corrected chi connectivity index (χ4v) is 2.21. The van der Waals surface area contributed by atoms with Gasteiger partial charge in [0, 0.05) is 19.2 Å². The maximum absolute atomic E-state index is 12.8. The average molecular weight is 315 g/mol. The Balaban J connectivity index is 3.60. The van der Waals surface area contributed by atoms with E-state index in [-0.39, 0.29) is 11.3 Å². The second-order valence-electron chi connectivity index (χ2n) is 4.75. The van der Waals surface area contributed by atoms with E-state index in [1.54, 1.807) is 11.0 Å². The molecule has 1 aromatic rings. The number of hydrogen-bond donors (Lipinski definition) is 0. The summed E-state index contributed by atoms with van der Waals surface area (Å²) in [7, 11) is 0. The highest BCUT2D eigenvalue weighted by Crippen LogP contribution is 2.39. The molecule has 0 amide bonds. The summed E-state index contributed by atoms with van der Waals surface area (Å²) in [4.78, 5) is 11.9. The second-order valence-corrected chi connectivity index (χ2v) is 4.75. The minimum absolute atomic E-state index is 0.0378. The van der Waals surface area contributed by atoms with Crippen molar-refractivity contribution in [1.82, 2.24) is 0 Å². The van der Waals surface area contributed by atoms with Gasteiger partial charge in [0.1, 0.15) is 11.8 Å². The normalized spacial score (nSPS) is 11.1. The van der Waals surface area contributed by atoms with Crippen LogP contribution in [0.2, 0.25) is 0 Å². The molecule has 0 radical (unpaired) electrons. The Morgan fingerprint density at radius 3 is 2.18 bits per heavy atom. The van der Waals surface area contributed by atoms with Gasteiger partial charge < -0.3 is 4.90 Å². The largest absolute Gasteiger partial charge is 0.416 e. The summed E-state index contributed by atoms with van der Waals surface area (Å²) >= 11 is 0. The monoisotopic (exact) mass is 315 g/mol. The topological polar surface area (TPSA) is 70.2 Å². The van der Waals surface area contributed by atoms with Crippen molar-refractivity contribution in [2.24, 2.45) is 0 Å². The van der Waals surface area contributed by atoms with Gasteiger partial charge in [-0.05, 0) is 18.9 Å². The Hall–Kier alpha value is -2.30. The van der Waals surface area contributed by atoms with Gasteiger partial charge in [-0.2, -0.15) is 18.4 Å². The van der Waals surface area contributed by atoms with Crippen molar-refractivity contribution in [3.8, 4) is 6.07 Å². The highest BCUT2D eigenvalue weighted by molar-refractivity contribution is 5.73. The molecule has 0 saturated carbocycles. The van der Waals surface area contributed by atoms with E-state index in [1.165, 1.54) is 0 Å². The molecule has 0 unspecified atom stereocenters. The van der Waals surface area contributed by atoms with Gasteiger partial charge in [0.2, 0.25) is 0 Å². The lowest BCUT2D eigenvalue weighted by Gasteiger charge is -2.25. The van der Waals surface area contributed by atoms with E-state index in [0.717, 1.165) is 0 Å². The van der Waals surface area contributed by atoms with Crippen molar-refractivity contribution in [3.05, 3.63) is 33.4 Å². The van der Waals surface area contributed by atoms with Gasteiger partial charge in [-0.25, -0.2) is 0 Å².